The summed E-state index contributed by atoms with van der Waals surface area (Å²) in [5, 5.41) is 3.98. The van der Waals surface area contributed by atoms with Crippen molar-refractivity contribution in [2.75, 3.05) is 0 Å². The summed E-state index contributed by atoms with van der Waals surface area (Å²) < 4.78 is 11.1. The molecule has 0 aliphatic carbocycles. The first-order valence-electron chi connectivity index (χ1n) is 7.29. The van der Waals surface area contributed by atoms with Crippen LogP contribution < -0.4 is 4.74 Å². The fourth-order valence-corrected chi connectivity index (χ4v) is 2.57. The maximum Gasteiger partial charge on any atom is 0.258 e. The Kier molecular flexibility index (Phi) is 3.15. The zero-order chi connectivity index (χ0) is 15.8. The topological polar surface area (TPSA) is 78.1 Å². The van der Waals surface area contributed by atoms with E-state index in [4.69, 9.17) is 9.26 Å². The number of fused-ring (bicyclic) bond motifs is 1. The lowest BCUT2D eigenvalue weighted by Gasteiger charge is -2.22. The van der Waals surface area contributed by atoms with E-state index in [9.17, 15) is 4.79 Å². The Morgan fingerprint density at radius 2 is 1.96 bits per heavy atom. The number of ether oxygens (including phenoxy) is 1. The highest BCUT2D eigenvalue weighted by molar-refractivity contribution is 6.00. The third-order valence-corrected chi connectivity index (χ3v) is 3.69. The molecule has 0 saturated carbocycles. The number of rotatable bonds is 2. The molecule has 1 atom stereocenters. The third-order valence-electron chi connectivity index (χ3n) is 3.69. The molecule has 0 spiro atoms. The normalized spacial score (nSPS) is 16.7. The standard InChI is InChI=1S/C17H13N3O3/c1-10-8-14(21)13-3-2-12(9-15(13)22-10)17-19-16(20-23-17)11-4-6-18-7-5-11/h2-7,9-10H,8H2,1H3. The van der Waals surface area contributed by atoms with Crippen molar-refractivity contribution in [2.24, 2.45) is 0 Å². The third kappa shape index (κ3) is 2.48. The molecule has 0 saturated heterocycles. The van der Waals surface area contributed by atoms with E-state index >= 15 is 0 Å². The first kappa shape index (κ1) is 13.6. The van der Waals surface area contributed by atoms with E-state index in [1.165, 1.54) is 0 Å². The molecular weight excluding hydrogens is 294 g/mol. The first-order chi connectivity index (χ1) is 11.2. The van der Waals surface area contributed by atoms with Gasteiger partial charge in [-0.25, -0.2) is 0 Å². The van der Waals surface area contributed by atoms with E-state index in [-0.39, 0.29) is 11.9 Å². The molecule has 2 aromatic heterocycles. The maximum atomic E-state index is 12.0. The zero-order valence-electron chi connectivity index (χ0n) is 12.4. The fraction of sp³-hybridized carbons (Fsp3) is 0.176. The molecular formula is C17H13N3O3. The van der Waals surface area contributed by atoms with Crippen LogP contribution in [0.15, 0.2) is 47.2 Å². The molecule has 0 N–H and O–H groups in total. The van der Waals surface area contributed by atoms with E-state index < -0.39 is 0 Å². The molecule has 4 rings (SSSR count). The second-order valence-electron chi connectivity index (χ2n) is 5.43. The number of Topliss-reactive ketones (excluding diaryl/α,β-unsaturated/α-hetero) is 1. The number of aromatic nitrogens is 3. The largest absolute Gasteiger partial charge is 0.489 e. The Bertz CT molecular complexity index is 874. The summed E-state index contributed by atoms with van der Waals surface area (Å²) in [6.07, 6.45) is 3.62. The number of pyridine rings is 1. The molecule has 0 fully saturated rings. The summed E-state index contributed by atoms with van der Waals surface area (Å²) >= 11 is 0. The Hall–Kier alpha value is -3.02. The number of hydrogen-bond acceptors (Lipinski definition) is 6. The molecule has 0 amide bonds. The molecule has 3 heterocycles. The van der Waals surface area contributed by atoms with Gasteiger partial charge in [-0.1, -0.05) is 5.16 Å². The van der Waals surface area contributed by atoms with Crippen molar-refractivity contribution in [3.05, 3.63) is 48.3 Å². The van der Waals surface area contributed by atoms with Gasteiger partial charge in [0.2, 0.25) is 5.82 Å². The summed E-state index contributed by atoms with van der Waals surface area (Å²) in [5.41, 5.74) is 2.15. The predicted octanol–water partition coefficient (Wildman–Crippen LogP) is 3.15. The van der Waals surface area contributed by atoms with E-state index in [1.54, 1.807) is 30.6 Å². The van der Waals surface area contributed by atoms with Gasteiger partial charge in [-0.05, 0) is 37.3 Å². The van der Waals surface area contributed by atoms with E-state index in [2.05, 4.69) is 15.1 Å². The van der Waals surface area contributed by atoms with Gasteiger partial charge in [0.05, 0.1) is 5.56 Å². The van der Waals surface area contributed by atoms with Crippen LogP contribution in [0.25, 0.3) is 22.8 Å². The molecule has 0 bridgehead atoms. The summed E-state index contributed by atoms with van der Waals surface area (Å²) in [4.78, 5) is 20.4. The molecule has 3 aromatic rings. The Labute approximate surface area is 132 Å². The number of carbonyl (C=O) groups excluding carboxylic acids is 1. The summed E-state index contributed by atoms with van der Waals surface area (Å²) in [6, 6.07) is 8.93. The summed E-state index contributed by atoms with van der Waals surface area (Å²) in [6.45, 7) is 1.88. The van der Waals surface area contributed by atoms with Crippen LogP contribution >= 0.6 is 0 Å². The van der Waals surface area contributed by atoms with Crippen molar-refractivity contribution in [1.82, 2.24) is 15.1 Å². The minimum Gasteiger partial charge on any atom is -0.489 e. The first-order valence-corrected chi connectivity index (χ1v) is 7.29. The molecule has 1 unspecified atom stereocenters. The van der Waals surface area contributed by atoms with Gasteiger partial charge in [0.1, 0.15) is 11.9 Å². The van der Waals surface area contributed by atoms with Crippen molar-refractivity contribution in [3.8, 4) is 28.6 Å². The average molecular weight is 307 g/mol. The summed E-state index contributed by atoms with van der Waals surface area (Å²) in [7, 11) is 0. The Morgan fingerprint density at radius 1 is 1.13 bits per heavy atom. The fourth-order valence-electron chi connectivity index (χ4n) is 2.57. The molecule has 1 aromatic carbocycles. The van der Waals surface area contributed by atoms with Crippen LogP contribution in [0.1, 0.15) is 23.7 Å². The van der Waals surface area contributed by atoms with Crippen molar-refractivity contribution in [3.63, 3.8) is 0 Å². The molecule has 1 aliphatic heterocycles. The minimum absolute atomic E-state index is 0.0910. The lowest BCUT2D eigenvalue weighted by Crippen LogP contribution is -2.23. The lowest BCUT2D eigenvalue weighted by molar-refractivity contribution is 0.0871. The van der Waals surface area contributed by atoms with Crippen LogP contribution in [-0.4, -0.2) is 27.0 Å². The smallest absolute Gasteiger partial charge is 0.258 e. The zero-order valence-corrected chi connectivity index (χ0v) is 12.4. The van der Waals surface area contributed by atoms with E-state index in [1.807, 2.05) is 19.1 Å². The van der Waals surface area contributed by atoms with Crippen molar-refractivity contribution < 1.29 is 14.1 Å². The van der Waals surface area contributed by atoms with Gasteiger partial charge >= 0.3 is 0 Å². The number of hydrogen-bond donors (Lipinski definition) is 0. The second-order valence-corrected chi connectivity index (χ2v) is 5.43. The van der Waals surface area contributed by atoms with E-state index in [0.29, 0.717) is 29.4 Å². The monoisotopic (exact) mass is 307 g/mol. The van der Waals surface area contributed by atoms with Gasteiger partial charge in [0, 0.05) is 29.9 Å². The van der Waals surface area contributed by atoms with Crippen molar-refractivity contribution in [1.29, 1.82) is 0 Å². The van der Waals surface area contributed by atoms with Crippen LogP contribution in [0, 0.1) is 0 Å². The van der Waals surface area contributed by atoms with E-state index in [0.717, 1.165) is 11.1 Å². The molecule has 6 nitrogen and oxygen atoms in total. The average Bonchev–Trinajstić information content (AvgIpc) is 3.05. The summed E-state index contributed by atoms with van der Waals surface area (Å²) in [5.74, 6) is 1.53. The van der Waals surface area contributed by atoms with Gasteiger partial charge in [0.25, 0.3) is 5.89 Å². The Morgan fingerprint density at radius 3 is 2.78 bits per heavy atom. The number of nitrogens with zero attached hydrogens (tertiary/aromatic N) is 3. The van der Waals surface area contributed by atoms with Gasteiger partial charge in [-0.2, -0.15) is 4.98 Å². The highest BCUT2D eigenvalue weighted by Crippen LogP contribution is 2.32. The number of ketones is 1. The molecule has 6 heteroatoms. The quantitative estimate of drug-likeness (QED) is 0.723. The van der Waals surface area contributed by atoms with Crippen LogP contribution in [0.3, 0.4) is 0 Å². The number of benzene rings is 1. The van der Waals surface area contributed by atoms with Crippen LogP contribution in [0.2, 0.25) is 0 Å². The Balaban J connectivity index is 1.71. The predicted molar refractivity (Wildman–Crippen MR) is 82.0 cm³/mol. The van der Waals surface area contributed by atoms with Gasteiger partial charge in [-0.3, -0.25) is 9.78 Å². The van der Waals surface area contributed by atoms with Gasteiger partial charge < -0.3 is 9.26 Å². The maximum absolute atomic E-state index is 12.0. The van der Waals surface area contributed by atoms with Gasteiger partial charge in [0.15, 0.2) is 5.78 Å². The highest BCUT2D eigenvalue weighted by Gasteiger charge is 2.24. The SMILES string of the molecule is CC1CC(=O)c2ccc(-c3nc(-c4ccncc4)no3)cc2O1. The number of carbonyl (C=O) groups is 1. The minimum atomic E-state index is -0.125. The van der Waals surface area contributed by atoms with Crippen molar-refractivity contribution in [2.45, 2.75) is 19.4 Å². The highest BCUT2D eigenvalue weighted by atomic mass is 16.5. The molecule has 1 aliphatic rings. The van der Waals surface area contributed by atoms with Crippen LogP contribution in [0.4, 0.5) is 0 Å². The molecule has 23 heavy (non-hydrogen) atoms. The van der Waals surface area contributed by atoms with Crippen LogP contribution in [0.5, 0.6) is 5.75 Å². The second kappa shape index (κ2) is 5.31. The van der Waals surface area contributed by atoms with Gasteiger partial charge in [-0.15, -0.1) is 0 Å². The molecule has 114 valence electrons. The lowest BCUT2D eigenvalue weighted by atomic mass is 10.00. The molecule has 0 radical (unpaired) electrons. The van der Waals surface area contributed by atoms with Crippen molar-refractivity contribution >= 4 is 5.78 Å². The van der Waals surface area contributed by atoms with Crippen LogP contribution in [-0.2, 0) is 0 Å².